The van der Waals surface area contributed by atoms with Crippen LogP contribution in [0.15, 0.2) is 24.3 Å². The van der Waals surface area contributed by atoms with Crippen LogP contribution in [-0.2, 0) is 9.53 Å². The Morgan fingerprint density at radius 1 is 1.35 bits per heavy atom. The number of hydrogen-bond donors (Lipinski definition) is 3. The quantitative estimate of drug-likeness (QED) is 0.581. The lowest BCUT2D eigenvalue weighted by Crippen LogP contribution is -2.16. The average Bonchev–Trinajstić information content (AvgIpc) is 2.87. The van der Waals surface area contributed by atoms with Gasteiger partial charge in [-0.05, 0) is 29.7 Å². The highest BCUT2D eigenvalue weighted by atomic mass is 32.1. The Labute approximate surface area is 119 Å². The van der Waals surface area contributed by atoms with E-state index in [1.807, 2.05) is 6.07 Å². The van der Waals surface area contributed by atoms with Crippen molar-refractivity contribution in [3.8, 4) is 0 Å². The van der Waals surface area contributed by atoms with Crippen LogP contribution in [0.1, 0.15) is 16.1 Å². The van der Waals surface area contributed by atoms with Crippen molar-refractivity contribution in [1.82, 2.24) is 5.48 Å². The van der Waals surface area contributed by atoms with E-state index >= 15 is 0 Å². The summed E-state index contributed by atoms with van der Waals surface area (Å²) >= 11 is 1.27. The van der Waals surface area contributed by atoms with Crippen LogP contribution in [0.3, 0.4) is 0 Å². The number of rotatable bonds is 5. The number of carbonyl (C=O) groups is 2. The fraction of sp³-hybridized carbons (Fsp3) is 0.231. The molecule has 3 N–H and O–H groups in total. The molecule has 0 radical (unpaired) electrons. The third-order valence-electron chi connectivity index (χ3n) is 2.66. The molecule has 0 fully saturated rings. The molecule has 6 nitrogen and oxygen atoms in total. The number of anilines is 1. The van der Waals surface area contributed by atoms with E-state index in [-0.39, 0.29) is 12.3 Å². The van der Waals surface area contributed by atoms with Crippen LogP contribution < -0.4 is 10.8 Å². The van der Waals surface area contributed by atoms with Crippen molar-refractivity contribution in [2.24, 2.45) is 0 Å². The molecule has 2 rings (SSSR count). The molecule has 7 heteroatoms. The first-order valence-corrected chi connectivity index (χ1v) is 6.72. The smallest absolute Gasteiger partial charge is 0.284 e. The van der Waals surface area contributed by atoms with Gasteiger partial charge in [-0.25, -0.2) is 5.48 Å². The zero-order valence-electron chi connectivity index (χ0n) is 10.8. The summed E-state index contributed by atoms with van der Waals surface area (Å²) in [6.45, 7) is 0.368. The SMILES string of the molecule is COCCC(=O)Nc1ccc2sc(C(=O)NO)cc2c1. The number of hydrogen-bond acceptors (Lipinski definition) is 5. The molecule has 1 heterocycles. The molecule has 0 saturated heterocycles. The summed E-state index contributed by atoms with van der Waals surface area (Å²) in [6.07, 6.45) is 0.288. The lowest BCUT2D eigenvalue weighted by Gasteiger charge is -2.04. The number of hydroxylamine groups is 1. The maximum Gasteiger partial charge on any atom is 0.284 e. The van der Waals surface area contributed by atoms with Gasteiger partial charge in [-0.2, -0.15) is 0 Å². The number of amides is 2. The van der Waals surface area contributed by atoms with Gasteiger partial charge in [0.05, 0.1) is 17.9 Å². The number of fused-ring (bicyclic) bond motifs is 1. The largest absolute Gasteiger partial charge is 0.384 e. The van der Waals surface area contributed by atoms with Crippen molar-refractivity contribution in [2.45, 2.75) is 6.42 Å². The van der Waals surface area contributed by atoms with Crippen LogP contribution in [0.25, 0.3) is 10.1 Å². The van der Waals surface area contributed by atoms with E-state index in [0.29, 0.717) is 17.2 Å². The molecule has 0 aliphatic rings. The van der Waals surface area contributed by atoms with Crippen LogP contribution >= 0.6 is 11.3 Å². The predicted molar refractivity (Wildman–Crippen MR) is 76.2 cm³/mol. The number of ether oxygens (including phenoxy) is 1. The van der Waals surface area contributed by atoms with Crippen LogP contribution in [0.4, 0.5) is 5.69 Å². The second-order valence-electron chi connectivity index (χ2n) is 4.10. The van der Waals surface area contributed by atoms with E-state index in [1.165, 1.54) is 11.3 Å². The third kappa shape index (κ3) is 3.32. The summed E-state index contributed by atoms with van der Waals surface area (Å²) < 4.78 is 5.74. The van der Waals surface area contributed by atoms with E-state index in [0.717, 1.165) is 10.1 Å². The average molecular weight is 294 g/mol. The Kier molecular flexibility index (Phi) is 4.67. The van der Waals surface area contributed by atoms with E-state index in [2.05, 4.69) is 5.32 Å². The molecule has 20 heavy (non-hydrogen) atoms. The second kappa shape index (κ2) is 6.47. The van der Waals surface area contributed by atoms with Gasteiger partial charge in [0.15, 0.2) is 0 Å². The molecule has 0 unspecified atom stereocenters. The molecule has 2 aromatic rings. The van der Waals surface area contributed by atoms with E-state index in [9.17, 15) is 9.59 Å². The molecule has 1 aromatic heterocycles. The Hall–Kier alpha value is -1.96. The van der Waals surface area contributed by atoms with Crippen molar-refractivity contribution in [1.29, 1.82) is 0 Å². The zero-order chi connectivity index (χ0) is 14.5. The van der Waals surface area contributed by atoms with E-state index < -0.39 is 5.91 Å². The molecule has 0 bridgehead atoms. The van der Waals surface area contributed by atoms with Crippen LogP contribution in [0, 0.1) is 0 Å². The number of nitrogens with one attached hydrogen (secondary N) is 2. The van der Waals surface area contributed by atoms with Gasteiger partial charge in [0.2, 0.25) is 5.91 Å². The topological polar surface area (TPSA) is 87.7 Å². The maximum absolute atomic E-state index is 11.6. The molecule has 0 spiro atoms. The molecule has 0 saturated carbocycles. The minimum Gasteiger partial charge on any atom is -0.384 e. The van der Waals surface area contributed by atoms with Gasteiger partial charge in [0.1, 0.15) is 0 Å². The number of carbonyl (C=O) groups excluding carboxylic acids is 2. The van der Waals surface area contributed by atoms with E-state index in [1.54, 1.807) is 30.8 Å². The van der Waals surface area contributed by atoms with Gasteiger partial charge in [-0.3, -0.25) is 14.8 Å². The number of methoxy groups -OCH3 is 1. The molecule has 0 atom stereocenters. The Balaban J connectivity index is 2.16. The summed E-state index contributed by atoms with van der Waals surface area (Å²) in [5.74, 6) is -0.674. The molecule has 1 aromatic carbocycles. The maximum atomic E-state index is 11.6. The number of thiophene rings is 1. The van der Waals surface area contributed by atoms with Crippen molar-refractivity contribution in [3.63, 3.8) is 0 Å². The fourth-order valence-corrected chi connectivity index (χ4v) is 2.64. The lowest BCUT2D eigenvalue weighted by molar-refractivity contribution is -0.117. The highest BCUT2D eigenvalue weighted by Gasteiger charge is 2.10. The van der Waals surface area contributed by atoms with Crippen molar-refractivity contribution in [3.05, 3.63) is 29.1 Å². The van der Waals surface area contributed by atoms with Gasteiger partial charge in [-0.1, -0.05) is 0 Å². The highest BCUT2D eigenvalue weighted by molar-refractivity contribution is 7.20. The lowest BCUT2D eigenvalue weighted by atomic mass is 10.2. The molecule has 0 aliphatic heterocycles. The first-order chi connectivity index (χ1) is 9.63. The zero-order valence-corrected chi connectivity index (χ0v) is 11.6. The summed E-state index contributed by atoms with van der Waals surface area (Å²) in [5.41, 5.74) is 2.26. The molecular formula is C13H14N2O4S. The summed E-state index contributed by atoms with van der Waals surface area (Å²) in [5, 5.41) is 12.2. The minimum atomic E-state index is -0.545. The highest BCUT2D eigenvalue weighted by Crippen LogP contribution is 2.28. The van der Waals surface area contributed by atoms with Crippen LogP contribution in [0.2, 0.25) is 0 Å². The standard InChI is InChI=1S/C13H14N2O4S/c1-19-5-4-12(16)14-9-2-3-10-8(6-9)7-11(20-10)13(17)15-18/h2-3,6-7,18H,4-5H2,1H3,(H,14,16)(H,15,17). The Morgan fingerprint density at radius 3 is 2.85 bits per heavy atom. The third-order valence-corrected chi connectivity index (χ3v) is 3.77. The molecule has 2 amide bonds. The van der Waals surface area contributed by atoms with Gasteiger partial charge in [-0.15, -0.1) is 11.3 Å². The Bertz CT molecular complexity index is 638. The summed E-state index contributed by atoms with van der Waals surface area (Å²) in [4.78, 5) is 23.3. The Morgan fingerprint density at radius 2 is 2.15 bits per heavy atom. The number of benzene rings is 1. The first-order valence-electron chi connectivity index (χ1n) is 5.91. The van der Waals surface area contributed by atoms with Crippen molar-refractivity contribution in [2.75, 3.05) is 19.0 Å². The van der Waals surface area contributed by atoms with Crippen LogP contribution in [0.5, 0.6) is 0 Å². The summed E-state index contributed by atoms with van der Waals surface area (Å²) in [6, 6.07) is 7.03. The second-order valence-corrected chi connectivity index (χ2v) is 5.18. The van der Waals surface area contributed by atoms with Crippen molar-refractivity contribution >= 4 is 38.9 Å². The van der Waals surface area contributed by atoms with Gasteiger partial charge >= 0.3 is 0 Å². The monoisotopic (exact) mass is 294 g/mol. The van der Waals surface area contributed by atoms with Crippen LogP contribution in [-0.4, -0.2) is 30.7 Å². The molecule has 0 aliphatic carbocycles. The van der Waals surface area contributed by atoms with Gasteiger partial charge in [0.25, 0.3) is 5.91 Å². The van der Waals surface area contributed by atoms with Gasteiger partial charge in [0, 0.05) is 17.5 Å². The van der Waals surface area contributed by atoms with Crippen molar-refractivity contribution < 1.29 is 19.5 Å². The normalized spacial score (nSPS) is 10.5. The first kappa shape index (κ1) is 14.4. The molecule has 106 valence electrons. The van der Waals surface area contributed by atoms with Gasteiger partial charge < -0.3 is 10.1 Å². The summed E-state index contributed by atoms with van der Waals surface area (Å²) in [7, 11) is 1.54. The predicted octanol–water partition coefficient (Wildman–Crippen LogP) is 2.00. The van der Waals surface area contributed by atoms with E-state index in [4.69, 9.17) is 9.94 Å². The fourth-order valence-electron chi connectivity index (χ4n) is 1.71. The molecular weight excluding hydrogens is 280 g/mol. The minimum absolute atomic E-state index is 0.130.